The van der Waals surface area contributed by atoms with Crippen molar-refractivity contribution < 1.29 is 18.7 Å². The number of nitrogens with one attached hydrogen (secondary N) is 1. The Morgan fingerprint density at radius 2 is 1.90 bits per heavy atom. The number of methoxy groups -OCH3 is 1. The predicted molar refractivity (Wildman–Crippen MR) is 116 cm³/mol. The first-order valence-electron chi connectivity index (χ1n) is 10.4. The molecule has 0 saturated heterocycles. The number of hydrogen-bond acceptors (Lipinski definition) is 8. The molecule has 2 aromatic heterocycles. The number of nitrogens with zero attached hydrogens (tertiary/aromatic N) is 3. The van der Waals surface area contributed by atoms with Crippen molar-refractivity contribution in [3.63, 3.8) is 0 Å². The topological polar surface area (TPSA) is 99.4 Å². The average molecular weight is 443 g/mol. The second-order valence-electron chi connectivity index (χ2n) is 7.70. The quantitative estimate of drug-likeness (QED) is 0.563. The smallest absolute Gasteiger partial charge is 0.259 e. The molecule has 0 spiro atoms. The Morgan fingerprint density at radius 3 is 2.58 bits per heavy atom. The van der Waals surface area contributed by atoms with Crippen LogP contribution in [0.1, 0.15) is 43.2 Å². The molecule has 3 aromatic rings. The van der Waals surface area contributed by atoms with Crippen LogP contribution >= 0.6 is 11.3 Å². The minimum Gasteiger partial charge on any atom is -0.497 e. The Morgan fingerprint density at radius 1 is 1.16 bits per heavy atom. The molecule has 0 atom stereocenters. The fraction of sp³-hybridized carbons (Fsp3) is 0.455. The van der Waals surface area contributed by atoms with Crippen LogP contribution in [0.5, 0.6) is 11.5 Å². The normalized spacial score (nSPS) is 18.5. The van der Waals surface area contributed by atoms with Gasteiger partial charge in [0, 0.05) is 12.5 Å². The first-order chi connectivity index (χ1) is 15.1. The second-order valence-corrected chi connectivity index (χ2v) is 8.55. The highest BCUT2D eigenvalue weighted by molar-refractivity contribution is 7.13. The first kappa shape index (κ1) is 21.3. The Kier molecular flexibility index (Phi) is 6.81. The van der Waals surface area contributed by atoms with Gasteiger partial charge in [-0.3, -0.25) is 4.79 Å². The summed E-state index contributed by atoms with van der Waals surface area (Å²) in [6, 6.07) is 7.17. The molecule has 31 heavy (non-hydrogen) atoms. The van der Waals surface area contributed by atoms with E-state index in [-0.39, 0.29) is 18.4 Å². The number of amides is 1. The summed E-state index contributed by atoms with van der Waals surface area (Å²) in [5.74, 6) is 3.28. The molecule has 1 fully saturated rings. The van der Waals surface area contributed by atoms with E-state index in [1.54, 1.807) is 36.9 Å². The molecule has 2 heterocycles. The van der Waals surface area contributed by atoms with E-state index >= 15 is 0 Å². The molecule has 1 saturated carbocycles. The number of carbonyl (C=O) groups excluding carboxylic acids is 1. The van der Waals surface area contributed by atoms with Crippen LogP contribution in [0.2, 0.25) is 0 Å². The van der Waals surface area contributed by atoms with Gasteiger partial charge in [-0.05, 0) is 62.8 Å². The second kappa shape index (κ2) is 9.91. The standard InChI is InChI=1S/C22H26N4O4S/c1-14-20(31-13-24-14)22-26-25-21(30-22)16-5-3-15(4-6-16)11-23-19(27)12-29-18-9-7-17(28-2)8-10-18/h7-10,13,15-16H,3-6,11-12H2,1-2H3,(H,23,27). The van der Waals surface area contributed by atoms with Gasteiger partial charge in [-0.2, -0.15) is 0 Å². The molecule has 9 heteroatoms. The van der Waals surface area contributed by atoms with Crippen LogP contribution in [-0.4, -0.2) is 41.3 Å². The van der Waals surface area contributed by atoms with E-state index in [1.165, 1.54) is 11.3 Å². The monoisotopic (exact) mass is 442 g/mol. The van der Waals surface area contributed by atoms with Gasteiger partial charge in [0.2, 0.25) is 5.89 Å². The lowest BCUT2D eigenvalue weighted by atomic mass is 9.82. The molecule has 0 radical (unpaired) electrons. The van der Waals surface area contributed by atoms with Crippen LogP contribution < -0.4 is 14.8 Å². The van der Waals surface area contributed by atoms with Crippen molar-refractivity contribution in [2.24, 2.45) is 5.92 Å². The van der Waals surface area contributed by atoms with E-state index < -0.39 is 0 Å². The van der Waals surface area contributed by atoms with Gasteiger partial charge in [0.15, 0.2) is 6.61 Å². The average Bonchev–Trinajstić information content (AvgIpc) is 3.46. The van der Waals surface area contributed by atoms with E-state index in [0.29, 0.717) is 30.0 Å². The van der Waals surface area contributed by atoms with Gasteiger partial charge in [-0.25, -0.2) is 4.98 Å². The van der Waals surface area contributed by atoms with Gasteiger partial charge in [-0.15, -0.1) is 21.5 Å². The fourth-order valence-corrected chi connectivity index (χ4v) is 4.46. The number of aryl methyl sites for hydroxylation is 1. The van der Waals surface area contributed by atoms with Crippen LogP contribution in [0.25, 0.3) is 10.8 Å². The van der Waals surface area contributed by atoms with Crippen LogP contribution in [0, 0.1) is 12.8 Å². The number of thiazole rings is 1. The van der Waals surface area contributed by atoms with Crippen LogP contribution in [0.15, 0.2) is 34.2 Å². The van der Waals surface area contributed by atoms with Crippen molar-refractivity contribution in [1.82, 2.24) is 20.5 Å². The Bertz CT molecular complexity index is 993. The summed E-state index contributed by atoms with van der Waals surface area (Å²) in [6.07, 6.45) is 3.99. The molecule has 164 valence electrons. The molecule has 1 aromatic carbocycles. The van der Waals surface area contributed by atoms with E-state index in [9.17, 15) is 4.79 Å². The summed E-state index contributed by atoms with van der Waals surface area (Å²) in [5.41, 5.74) is 2.70. The number of hydrogen-bond donors (Lipinski definition) is 1. The van der Waals surface area contributed by atoms with Crippen LogP contribution in [0.4, 0.5) is 0 Å². The summed E-state index contributed by atoms with van der Waals surface area (Å²) in [6.45, 7) is 2.60. The number of carbonyl (C=O) groups is 1. The SMILES string of the molecule is COc1ccc(OCC(=O)NCC2CCC(c3nnc(-c4scnc4C)o3)CC2)cc1. The summed E-state index contributed by atoms with van der Waals surface area (Å²) in [7, 11) is 1.61. The molecule has 1 aliphatic carbocycles. The highest BCUT2D eigenvalue weighted by Gasteiger charge is 2.27. The lowest BCUT2D eigenvalue weighted by Crippen LogP contribution is -2.34. The van der Waals surface area contributed by atoms with Crippen LogP contribution in [-0.2, 0) is 4.79 Å². The minimum absolute atomic E-state index is 0.00340. The van der Waals surface area contributed by atoms with Crippen molar-refractivity contribution in [3.8, 4) is 22.3 Å². The molecule has 0 bridgehead atoms. The highest BCUT2D eigenvalue weighted by atomic mass is 32.1. The Hall–Kier alpha value is -2.94. The van der Waals surface area contributed by atoms with Gasteiger partial charge in [0.1, 0.15) is 16.4 Å². The van der Waals surface area contributed by atoms with Gasteiger partial charge >= 0.3 is 0 Å². The van der Waals surface area contributed by atoms with Crippen molar-refractivity contribution >= 4 is 17.2 Å². The van der Waals surface area contributed by atoms with Gasteiger partial charge in [0.25, 0.3) is 11.8 Å². The lowest BCUT2D eigenvalue weighted by Gasteiger charge is -2.26. The summed E-state index contributed by atoms with van der Waals surface area (Å²) in [5, 5.41) is 11.5. The van der Waals surface area contributed by atoms with E-state index in [1.807, 2.05) is 6.92 Å². The number of benzene rings is 1. The van der Waals surface area contributed by atoms with E-state index in [0.717, 1.165) is 42.0 Å². The summed E-state index contributed by atoms with van der Waals surface area (Å²) >= 11 is 1.51. The third-order valence-electron chi connectivity index (χ3n) is 5.59. The Labute approximate surface area is 185 Å². The third-order valence-corrected chi connectivity index (χ3v) is 6.51. The maximum Gasteiger partial charge on any atom is 0.259 e. The van der Waals surface area contributed by atoms with Gasteiger partial charge in [0.05, 0.1) is 18.3 Å². The maximum atomic E-state index is 12.1. The van der Waals surface area contributed by atoms with Crippen molar-refractivity contribution in [2.75, 3.05) is 20.3 Å². The number of rotatable bonds is 8. The predicted octanol–water partition coefficient (Wildman–Crippen LogP) is 3.98. The largest absolute Gasteiger partial charge is 0.497 e. The zero-order valence-electron chi connectivity index (χ0n) is 17.7. The van der Waals surface area contributed by atoms with Crippen molar-refractivity contribution in [2.45, 2.75) is 38.5 Å². The molecule has 0 unspecified atom stereocenters. The van der Waals surface area contributed by atoms with Crippen molar-refractivity contribution in [3.05, 3.63) is 41.4 Å². The molecular weight excluding hydrogens is 416 g/mol. The Balaban J connectivity index is 1.18. The summed E-state index contributed by atoms with van der Waals surface area (Å²) in [4.78, 5) is 17.3. The molecule has 1 N–H and O–H groups in total. The third kappa shape index (κ3) is 5.41. The number of ether oxygens (including phenoxy) is 2. The maximum absolute atomic E-state index is 12.1. The molecule has 1 aliphatic rings. The molecule has 0 aliphatic heterocycles. The molecule has 4 rings (SSSR count). The van der Waals surface area contributed by atoms with Crippen LogP contribution in [0.3, 0.4) is 0 Å². The minimum atomic E-state index is -0.112. The summed E-state index contributed by atoms with van der Waals surface area (Å²) < 4.78 is 16.6. The molecule has 1 amide bonds. The van der Waals surface area contributed by atoms with Gasteiger partial charge < -0.3 is 19.2 Å². The van der Waals surface area contributed by atoms with Crippen molar-refractivity contribution in [1.29, 1.82) is 0 Å². The molecular formula is C22H26N4O4S. The van der Waals surface area contributed by atoms with E-state index in [2.05, 4.69) is 20.5 Å². The highest BCUT2D eigenvalue weighted by Crippen LogP contribution is 2.36. The zero-order valence-corrected chi connectivity index (χ0v) is 18.5. The zero-order chi connectivity index (χ0) is 21.6. The fourth-order valence-electron chi connectivity index (χ4n) is 3.74. The van der Waals surface area contributed by atoms with E-state index in [4.69, 9.17) is 13.9 Å². The first-order valence-corrected chi connectivity index (χ1v) is 11.3. The number of aromatic nitrogens is 3. The van der Waals surface area contributed by atoms with Gasteiger partial charge in [-0.1, -0.05) is 0 Å². The lowest BCUT2D eigenvalue weighted by molar-refractivity contribution is -0.123. The molecule has 8 nitrogen and oxygen atoms in total.